The summed E-state index contributed by atoms with van der Waals surface area (Å²) in [4.78, 5) is 0. The first-order valence-corrected chi connectivity index (χ1v) is 12.7. The lowest BCUT2D eigenvalue weighted by molar-refractivity contribution is 0.00578. The summed E-state index contributed by atoms with van der Waals surface area (Å²) in [5.74, 6) is 0. The van der Waals surface area contributed by atoms with Gasteiger partial charge in [-0.2, -0.15) is 0 Å². The molecule has 1 fully saturated rings. The molecule has 0 N–H and O–H groups in total. The van der Waals surface area contributed by atoms with Crippen LogP contribution in [0, 0.1) is 13.8 Å². The first-order valence-electron chi connectivity index (χ1n) is 12.7. The average Bonchev–Trinajstić information content (AvgIpc) is 2.97. The molecule has 0 saturated carbocycles. The number of fused-ring (bicyclic) bond motifs is 1. The fourth-order valence-corrected chi connectivity index (χ4v) is 4.86. The Labute approximate surface area is 196 Å². The van der Waals surface area contributed by atoms with Crippen LogP contribution in [0.2, 0.25) is 0 Å². The number of hydrogen-bond donors (Lipinski definition) is 0. The van der Waals surface area contributed by atoms with Crippen LogP contribution < -0.4 is 5.46 Å². The van der Waals surface area contributed by atoms with Crippen LogP contribution in [0.5, 0.6) is 0 Å². The lowest BCUT2D eigenvalue weighted by Gasteiger charge is -2.32. The molecule has 0 atom stereocenters. The van der Waals surface area contributed by atoms with E-state index < -0.39 is 0 Å². The molecule has 1 aliphatic rings. The van der Waals surface area contributed by atoms with Gasteiger partial charge < -0.3 is 9.31 Å². The van der Waals surface area contributed by atoms with Crippen molar-refractivity contribution in [1.29, 1.82) is 0 Å². The van der Waals surface area contributed by atoms with E-state index in [0.29, 0.717) is 0 Å². The summed E-state index contributed by atoms with van der Waals surface area (Å²) >= 11 is 0. The van der Waals surface area contributed by atoms with Gasteiger partial charge >= 0.3 is 7.12 Å². The van der Waals surface area contributed by atoms with E-state index >= 15 is 0 Å². The molecule has 2 aromatic carbocycles. The highest BCUT2D eigenvalue weighted by molar-refractivity contribution is 6.62. The number of rotatable bonds is 9. The molecule has 0 aromatic heterocycles. The summed E-state index contributed by atoms with van der Waals surface area (Å²) in [6.07, 6.45) is 13.6. The highest BCUT2D eigenvalue weighted by atomic mass is 16.7. The molecule has 0 bridgehead atoms. The van der Waals surface area contributed by atoms with E-state index in [4.69, 9.17) is 9.31 Å². The molecule has 0 radical (unpaired) electrons. The molecule has 2 aromatic rings. The zero-order chi connectivity index (χ0) is 23.5. The van der Waals surface area contributed by atoms with Crippen LogP contribution in [-0.4, -0.2) is 18.3 Å². The summed E-state index contributed by atoms with van der Waals surface area (Å²) in [5.41, 5.74) is 6.18. The Kier molecular flexibility index (Phi) is 7.94. The molecule has 174 valence electrons. The molecular formula is C29H43BO2. The smallest absolute Gasteiger partial charge is 0.399 e. The Hall–Kier alpha value is -1.58. The zero-order valence-electron chi connectivity index (χ0n) is 21.7. The Bertz CT molecular complexity index is 955. The van der Waals surface area contributed by atoms with Gasteiger partial charge in [0.1, 0.15) is 0 Å². The van der Waals surface area contributed by atoms with Gasteiger partial charge in [0.05, 0.1) is 11.2 Å². The highest BCUT2D eigenvalue weighted by Gasteiger charge is 2.51. The first-order chi connectivity index (χ1) is 15.1. The Balaban J connectivity index is 1.96. The maximum absolute atomic E-state index is 6.34. The van der Waals surface area contributed by atoms with Gasteiger partial charge in [0.15, 0.2) is 0 Å². The Morgan fingerprint density at radius 3 is 2.09 bits per heavy atom. The van der Waals surface area contributed by atoms with Crippen LogP contribution in [0.15, 0.2) is 24.3 Å². The highest BCUT2D eigenvalue weighted by Crippen LogP contribution is 2.37. The van der Waals surface area contributed by atoms with Gasteiger partial charge in [0.25, 0.3) is 0 Å². The SMILES string of the molecule is C/C=C\c1c(CCCCCCCC)c(C)c2cc(B3OC(C)(C)C(C)(C)O3)ccc2c1C. The van der Waals surface area contributed by atoms with Gasteiger partial charge in [-0.25, -0.2) is 0 Å². The molecule has 3 heteroatoms. The van der Waals surface area contributed by atoms with Crippen LogP contribution >= 0.6 is 0 Å². The van der Waals surface area contributed by atoms with Crippen LogP contribution in [0.3, 0.4) is 0 Å². The predicted molar refractivity (Wildman–Crippen MR) is 141 cm³/mol. The first kappa shape index (κ1) is 25.1. The second-order valence-corrected chi connectivity index (χ2v) is 10.6. The van der Waals surface area contributed by atoms with Crippen molar-refractivity contribution in [2.45, 2.75) is 112 Å². The third-order valence-corrected chi connectivity index (χ3v) is 7.67. The van der Waals surface area contributed by atoms with E-state index in [-0.39, 0.29) is 18.3 Å². The molecule has 1 heterocycles. The second kappa shape index (κ2) is 10.1. The fourth-order valence-electron chi connectivity index (χ4n) is 4.86. The number of unbranched alkanes of at least 4 members (excludes halogenated alkanes) is 5. The average molecular weight is 434 g/mol. The molecule has 1 aliphatic heterocycles. The van der Waals surface area contributed by atoms with Crippen LogP contribution in [0.1, 0.15) is 102 Å². The number of aryl methyl sites for hydroxylation is 2. The van der Waals surface area contributed by atoms with Crippen molar-refractivity contribution < 1.29 is 9.31 Å². The minimum atomic E-state index is -0.323. The van der Waals surface area contributed by atoms with Gasteiger partial charge in [0.2, 0.25) is 0 Å². The number of allylic oxidation sites excluding steroid dienone is 1. The minimum absolute atomic E-state index is 0.318. The van der Waals surface area contributed by atoms with Crippen LogP contribution in [0.25, 0.3) is 16.8 Å². The molecule has 0 amide bonds. The molecule has 2 nitrogen and oxygen atoms in total. The minimum Gasteiger partial charge on any atom is -0.399 e. The van der Waals surface area contributed by atoms with Crippen molar-refractivity contribution in [3.8, 4) is 0 Å². The summed E-state index contributed by atoms with van der Waals surface area (Å²) in [5, 5.41) is 2.67. The van der Waals surface area contributed by atoms with Crippen LogP contribution in [-0.2, 0) is 15.7 Å². The quantitative estimate of drug-likeness (QED) is 0.297. The summed E-state index contributed by atoms with van der Waals surface area (Å²) in [7, 11) is -0.318. The van der Waals surface area contributed by atoms with Gasteiger partial charge in [-0.1, -0.05) is 69.4 Å². The van der Waals surface area contributed by atoms with Crippen LogP contribution in [0.4, 0.5) is 0 Å². The third-order valence-electron chi connectivity index (χ3n) is 7.67. The van der Waals surface area contributed by atoms with Crippen molar-refractivity contribution >= 4 is 29.4 Å². The number of benzene rings is 2. The van der Waals surface area contributed by atoms with Gasteiger partial charge in [-0.3, -0.25) is 0 Å². The van der Waals surface area contributed by atoms with Crippen molar-refractivity contribution in [2.24, 2.45) is 0 Å². The van der Waals surface area contributed by atoms with E-state index in [1.807, 2.05) is 0 Å². The third kappa shape index (κ3) is 4.99. The van der Waals surface area contributed by atoms with E-state index in [1.54, 1.807) is 0 Å². The Morgan fingerprint density at radius 1 is 0.844 bits per heavy atom. The molecule has 0 spiro atoms. The molecule has 3 rings (SSSR count). The molecule has 32 heavy (non-hydrogen) atoms. The van der Waals surface area contributed by atoms with E-state index in [0.717, 1.165) is 11.9 Å². The van der Waals surface area contributed by atoms with E-state index in [1.165, 1.54) is 71.6 Å². The summed E-state index contributed by atoms with van der Waals surface area (Å²) in [6.45, 7) is 17.4. The van der Waals surface area contributed by atoms with E-state index in [9.17, 15) is 0 Å². The Morgan fingerprint density at radius 2 is 1.47 bits per heavy atom. The molecule has 1 saturated heterocycles. The lowest BCUT2D eigenvalue weighted by atomic mass is 9.76. The van der Waals surface area contributed by atoms with Gasteiger partial charge in [-0.05, 0) is 99.8 Å². The second-order valence-electron chi connectivity index (χ2n) is 10.6. The van der Waals surface area contributed by atoms with Gasteiger partial charge in [-0.15, -0.1) is 0 Å². The predicted octanol–water partition coefficient (Wildman–Crippen LogP) is 7.69. The van der Waals surface area contributed by atoms with Crippen molar-refractivity contribution in [3.05, 3.63) is 46.5 Å². The molecule has 0 aliphatic carbocycles. The lowest BCUT2D eigenvalue weighted by Crippen LogP contribution is -2.41. The summed E-state index contributed by atoms with van der Waals surface area (Å²) < 4.78 is 12.7. The van der Waals surface area contributed by atoms with Gasteiger partial charge in [0, 0.05) is 0 Å². The van der Waals surface area contributed by atoms with Crippen molar-refractivity contribution in [2.75, 3.05) is 0 Å². The standard InChI is InChI=1S/C29H43BO2/c1-9-11-12-13-14-15-17-25-22(4)27-20-23(30-31-28(5,6)29(7,8)32-30)18-19-26(27)21(3)24(25)16-10-2/h10,16,18-20H,9,11-15,17H2,1-8H3/b16-10-. The number of hydrogen-bond acceptors (Lipinski definition) is 2. The monoisotopic (exact) mass is 434 g/mol. The maximum atomic E-state index is 6.34. The molecular weight excluding hydrogens is 391 g/mol. The zero-order valence-corrected chi connectivity index (χ0v) is 21.7. The topological polar surface area (TPSA) is 18.5 Å². The normalized spacial score (nSPS) is 17.7. The van der Waals surface area contributed by atoms with Crippen molar-refractivity contribution in [3.63, 3.8) is 0 Å². The van der Waals surface area contributed by atoms with Crippen molar-refractivity contribution in [1.82, 2.24) is 0 Å². The molecule has 0 unspecified atom stereocenters. The largest absolute Gasteiger partial charge is 0.494 e. The fraction of sp³-hybridized carbons (Fsp3) is 0.586. The summed E-state index contributed by atoms with van der Waals surface area (Å²) in [6, 6.07) is 6.76. The van der Waals surface area contributed by atoms with E-state index in [2.05, 4.69) is 85.7 Å². The maximum Gasteiger partial charge on any atom is 0.494 e.